The third-order valence-electron chi connectivity index (χ3n) is 4.92. The topological polar surface area (TPSA) is 52.6 Å². The molecule has 0 saturated heterocycles. The van der Waals surface area contributed by atoms with Crippen molar-refractivity contribution in [1.82, 2.24) is 0 Å². The summed E-state index contributed by atoms with van der Waals surface area (Å²) in [6, 6.07) is 19.6. The van der Waals surface area contributed by atoms with Crippen LogP contribution in [0.2, 0.25) is 0 Å². The molecule has 0 spiro atoms. The Hall–Kier alpha value is -2.62. The maximum absolute atomic E-state index is 12.7. The summed E-state index contributed by atoms with van der Waals surface area (Å²) in [5.41, 5.74) is 0.955. The highest BCUT2D eigenvalue weighted by molar-refractivity contribution is 6.00. The van der Waals surface area contributed by atoms with E-state index in [9.17, 15) is 9.59 Å². The van der Waals surface area contributed by atoms with Crippen LogP contribution in [0.4, 0.5) is 0 Å². The average Bonchev–Trinajstić information content (AvgIpc) is 2.71. The molecule has 0 unspecified atom stereocenters. The number of esters is 2. The highest BCUT2D eigenvalue weighted by Crippen LogP contribution is 2.30. The van der Waals surface area contributed by atoms with E-state index in [2.05, 4.69) is 0 Å². The van der Waals surface area contributed by atoms with E-state index in [1.807, 2.05) is 74.5 Å². The molecule has 0 bridgehead atoms. The van der Waals surface area contributed by atoms with E-state index in [1.54, 1.807) is 0 Å². The SMILES string of the molecule is CCC(CC)(C(=O)OCCc1ccccc1)C(=O)OCCc1ccccc1. The van der Waals surface area contributed by atoms with E-state index in [-0.39, 0.29) is 13.2 Å². The third kappa shape index (κ3) is 5.68. The second-order valence-corrected chi connectivity index (χ2v) is 6.53. The Bertz CT molecular complexity index is 646. The van der Waals surface area contributed by atoms with Gasteiger partial charge in [0.15, 0.2) is 5.41 Å². The van der Waals surface area contributed by atoms with Crippen molar-refractivity contribution in [3.63, 3.8) is 0 Å². The molecule has 0 aliphatic rings. The van der Waals surface area contributed by atoms with E-state index in [0.29, 0.717) is 25.7 Å². The number of rotatable bonds is 10. The Morgan fingerprint density at radius 2 is 1.07 bits per heavy atom. The molecule has 0 saturated carbocycles. The van der Waals surface area contributed by atoms with Gasteiger partial charge in [-0.15, -0.1) is 0 Å². The van der Waals surface area contributed by atoms with Gasteiger partial charge in [-0.25, -0.2) is 0 Å². The first-order valence-electron chi connectivity index (χ1n) is 9.54. The molecule has 0 heterocycles. The zero-order valence-electron chi connectivity index (χ0n) is 16.1. The standard InChI is InChI=1S/C23H28O4/c1-3-23(4-2,21(24)26-17-15-19-11-7-5-8-12-19)22(25)27-18-16-20-13-9-6-10-14-20/h5-14H,3-4,15-18H2,1-2H3. The minimum atomic E-state index is -1.23. The Labute approximate surface area is 161 Å². The number of ether oxygens (including phenoxy) is 2. The fourth-order valence-corrected chi connectivity index (χ4v) is 3.00. The molecule has 0 aliphatic heterocycles. The van der Waals surface area contributed by atoms with Gasteiger partial charge in [0, 0.05) is 12.8 Å². The molecule has 2 aromatic rings. The molecular formula is C23H28O4. The van der Waals surface area contributed by atoms with E-state index in [4.69, 9.17) is 9.47 Å². The summed E-state index contributed by atoms with van der Waals surface area (Å²) in [6.45, 7) is 4.14. The minimum absolute atomic E-state index is 0.252. The van der Waals surface area contributed by atoms with E-state index in [0.717, 1.165) is 11.1 Å². The molecule has 0 fully saturated rings. The lowest BCUT2D eigenvalue weighted by atomic mass is 9.82. The fraction of sp³-hybridized carbons (Fsp3) is 0.391. The normalized spacial score (nSPS) is 11.0. The van der Waals surface area contributed by atoms with Gasteiger partial charge in [-0.3, -0.25) is 9.59 Å². The first-order chi connectivity index (χ1) is 13.1. The summed E-state index contributed by atoms with van der Waals surface area (Å²) in [5, 5.41) is 0. The van der Waals surface area contributed by atoms with Crippen LogP contribution in [0.15, 0.2) is 60.7 Å². The van der Waals surface area contributed by atoms with Gasteiger partial charge in [0.2, 0.25) is 0 Å². The lowest BCUT2D eigenvalue weighted by molar-refractivity contribution is -0.173. The van der Waals surface area contributed by atoms with E-state index >= 15 is 0 Å². The molecule has 2 rings (SSSR count). The van der Waals surface area contributed by atoms with Crippen LogP contribution >= 0.6 is 0 Å². The molecule has 144 valence electrons. The van der Waals surface area contributed by atoms with E-state index < -0.39 is 17.4 Å². The smallest absolute Gasteiger partial charge is 0.323 e. The van der Waals surface area contributed by atoms with Crippen LogP contribution in [-0.2, 0) is 31.9 Å². The van der Waals surface area contributed by atoms with Crippen LogP contribution in [0.3, 0.4) is 0 Å². The van der Waals surface area contributed by atoms with E-state index in [1.165, 1.54) is 0 Å². The maximum atomic E-state index is 12.7. The average molecular weight is 368 g/mol. The van der Waals surface area contributed by atoms with Gasteiger partial charge in [-0.1, -0.05) is 74.5 Å². The van der Waals surface area contributed by atoms with Crippen molar-refractivity contribution in [1.29, 1.82) is 0 Å². The number of benzene rings is 2. The predicted molar refractivity (Wildman–Crippen MR) is 105 cm³/mol. The Balaban J connectivity index is 1.89. The molecule has 0 N–H and O–H groups in total. The Morgan fingerprint density at radius 3 is 1.41 bits per heavy atom. The molecule has 0 aliphatic carbocycles. The predicted octanol–water partition coefficient (Wildman–Crippen LogP) is 4.36. The van der Waals surface area contributed by atoms with Crippen molar-refractivity contribution in [3.05, 3.63) is 71.8 Å². The summed E-state index contributed by atoms with van der Waals surface area (Å²) >= 11 is 0. The van der Waals surface area contributed by atoms with Gasteiger partial charge in [-0.05, 0) is 24.0 Å². The van der Waals surface area contributed by atoms with Crippen molar-refractivity contribution < 1.29 is 19.1 Å². The third-order valence-corrected chi connectivity index (χ3v) is 4.92. The molecule has 27 heavy (non-hydrogen) atoms. The summed E-state index contributed by atoms with van der Waals surface area (Å²) in [5.74, 6) is -0.985. The molecule has 0 amide bonds. The summed E-state index contributed by atoms with van der Waals surface area (Å²) in [7, 11) is 0. The van der Waals surface area contributed by atoms with Crippen LogP contribution in [0.1, 0.15) is 37.8 Å². The number of carbonyl (C=O) groups excluding carboxylic acids is 2. The van der Waals surface area contributed by atoms with Crippen LogP contribution in [-0.4, -0.2) is 25.2 Å². The number of hydrogen-bond acceptors (Lipinski definition) is 4. The Morgan fingerprint density at radius 1 is 0.704 bits per heavy atom. The lowest BCUT2D eigenvalue weighted by Crippen LogP contribution is -2.41. The van der Waals surface area contributed by atoms with Crippen LogP contribution in [0, 0.1) is 5.41 Å². The monoisotopic (exact) mass is 368 g/mol. The second-order valence-electron chi connectivity index (χ2n) is 6.53. The maximum Gasteiger partial charge on any atom is 0.323 e. The number of carbonyl (C=O) groups is 2. The zero-order chi connectivity index (χ0) is 19.5. The number of hydrogen-bond donors (Lipinski definition) is 0. The van der Waals surface area contributed by atoms with Crippen molar-refractivity contribution in [3.8, 4) is 0 Å². The van der Waals surface area contributed by atoms with Crippen molar-refractivity contribution in [2.24, 2.45) is 5.41 Å². The minimum Gasteiger partial charge on any atom is -0.464 e. The molecule has 4 nitrogen and oxygen atoms in total. The van der Waals surface area contributed by atoms with Crippen LogP contribution < -0.4 is 0 Å². The summed E-state index contributed by atoms with van der Waals surface area (Å²) in [4.78, 5) is 25.3. The highest BCUT2D eigenvalue weighted by Gasteiger charge is 2.45. The van der Waals surface area contributed by atoms with Crippen LogP contribution in [0.25, 0.3) is 0 Å². The highest BCUT2D eigenvalue weighted by atomic mass is 16.6. The lowest BCUT2D eigenvalue weighted by Gasteiger charge is -2.27. The molecule has 0 atom stereocenters. The van der Waals surface area contributed by atoms with Gasteiger partial charge in [-0.2, -0.15) is 0 Å². The second kappa shape index (κ2) is 10.5. The molecule has 4 heteroatoms. The summed E-state index contributed by atoms with van der Waals surface area (Å²) in [6.07, 6.45) is 1.97. The van der Waals surface area contributed by atoms with Gasteiger partial charge in [0.25, 0.3) is 0 Å². The van der Waals surface area contributed by atoms with Gasteiger partial charge < -0.3 is 9.47 Å². The first-order valence-corrected chi connectivity index (χ1v) is 9.54. The van der Waals surface area contributed by atoms with Gasteiger partial charge >= 0.3 is 11.9 Å². The fourth-order valence-electron chi connectivity index (χ4n) is 3.00. The van der Waals surface area contributed by atoms with Crippen molar-refractivity contribution >= 4 is 11.9 Å². The Kier molecular flexibility index (Phi) is 8.05. The molecule has 2 aromatic carbocycles. The summed E-state index contributed by atoms with van der Waals surface area (Å²) < 4.78 is 10.9. The van der Waals surface area contributed by atoms with Crippen molar-refractivity contribution in [2.45, 2.75) is 39.5 Å². The molecule has 0 radical (unpaired) electrons. The largest absolute Gasteiger partial charge is 0.464 e. The van der Waals surface area contributed by atoms with Gasteiger partial charge in [0.1, 0.15) is 0 Å². The zero-order valence-corrected chi connectivity index (χ0v) is 16.1. The quantitative estimate of drug-likeness (QED) is 0.462. The first kappa shape index (κ1) is 20.7. The van der Waals surface area contributed by atoms with Crippen molar-refractivity contribution in [2.75, 3.05) is 13.2 Å². The van der Waals surface area contributed by atoms with Gasteiger partial charge in [0.05, 0.1) is 13.2 Å². The molecule has 0 aromatic heterocycles. The van der Waals surface area contributed by atoms with Crippen LogP contribution in [0.5, 0.6) is 0 Å². The molecular weight excluding hydrogens is 340 g/mol.